The average Bonchev–Trinajstić information content (AvgIpc) is 3.04. The summed E-state index contributed by atoms with van der Waals surface area (Å²) < 4.78 is 18.5. The molecule has 3 rings (SSSR count). The van der Waals surface area contributed by atoms with Crippen LogP contribution in [0.2, 0.25) is 0 Å². The normalized spacial score (nSPS) is 16.2. The predicted molar refractivity (Wildman–Crippen MR) is 106 cm³/mol. The van der Waals surface area contributed by atoms with Crippen molar-refractivity contribution in [2.75, 3.05) is 29.5 Å². The van der Waals surface area contributed by atoms with Gasteiger partial charge in [0.2, 0.25) is 5.91 Å². The van der Waals surface area contributed by atoms with Crippen LogP contribution in [0.3, 0.4) is 0 Å². The first-order valence-electron chi connectivity index (χ1n) is 9.38. The maximum Gasteiger partial charge on any atom is 0.322 e. The minimum atomic E-state index is -0.353. The second-order valence-electron chi connectivity index (χ2n) is 6.50. The third kappa shape index (κ3) is 4.42. The summed E-state index contributed by atoms with van der Waals surface area (Å²) in [4.78, 5) is 28.2. The van der Waals surface area contributed by atoms with Gasteiger partial charge in [0, 0.05) is 30.9 Å². The molecule has 3 amide bonds. The van der Waals surface area contributed by atoms with E-state index in [2.05, 4.69) is 5.32 Å². The van der Waals surface area contributed by atoms with Crippen molar-refractivity contribution in [1.29, 1.82) is 0 Å². The first kappa shape index (κ1) is 19.7. The Morgan fingerprint density at radius 2 is 1.86 bits per heavy atom. The van der Waals surface area contributed by atoms with Crippen molar-refractivity contribution in [2.45, 2.75) is 26.3 Å². The van der Waals surface area contributed by atoms with Gasteiger partial charge >= 0.3 is 6.03 Å². The highest BCUT2D eigenvalue weighted by atomic mass is 19.1. The lowest BCUT2D eigenvalue weighted by Crippen LogP contribution is -2.46. The lowest BCUT2D eigenvalue weighted by molar-refractivity contribution is -0.117. The second-order valence-corrected chi connectivity index (χ2v) is 6.50. The molecule has 0 spiro atoms. The van der Waals surface area contributed by atoms with E-state index < -0.39 is 0 Å². The summed E-state index contributed by atoms with van der Waals surface area (Å²) in [5, 5.41) is 2.93. The number of amides is 3. The molecule has 2 aromatic rings. The molecule has 0 bridgehead atoms. The number of rotatable bonds is 6. The van der Waals surface area contributed by atoms with E-state index in [4.69, 9.17) is 4.74 Å². The molecule has 0 unspecified atom stereocenters. The van der Waals surface area contributed by atoms with Crippen molar-refractivity contribution < 1.29 is 18.7 Å². The lowest BCUT2D eigenvalue weighted by atomic mass is 10.2. The monoisotopic (exact) mass is 385 g/mol. The van der Waals surface area contributed by atoms with Crippen LogP contribution in [-0.4, -0.2) is 37.7 Å². The fourth-order valence-electron chi connectivity index (χ4n) is 3.26. The lowest BCUT2D eigenvalue weighted by Gasteiger charge is -2.24. The Morgan fingerprint density at radius 1 is 1.18 bits per heavy atom. The van der Waals surface area contributed by atoms with E-state index in [9.17, 15) is 14.0 Å². The van der Waals surface area contributed by atoms with Gasteiger partial charge in [0.15, 0.2) is 0 Å². The van der Waals surface area contributed by atoms with Gasteiger partial charge in [-0.25, -0.2) is 9.18 Å². The first-order valence-corrected chi connectivity index (χ1v) is 9.38. The van der Waals surface area contributed by atoms with Crippen LogP contribution >= 0.6 is 0 Å². The Labute approximate surface area is 163 Å². The summed E-state index contributed by atoms with van der Waals surface area (Å²) in [5.41, 5.74) is 1.38. The molecular weight excluding hydrogens is 361 g/mol. The van der Waals surface area contributed by atoms with Crippen LogP contribution in [0.5, 0.6) is 5.75 Å². The molecule has 1 saturated heterocycles. The van der Waals surface area contributed by atoms with E-state index in [1.807, 2.05) is 38.1 Å². The largest absolute Gasteiger partial charge is 0.494 e. The molecule has 1 fully saturated rings. The number of nitrogens with one attached hydrogen (secondary N) is 1. The molecule has 0 radical (unpaired) electrons. The van der Waals surface area contributed by atoms with Crippen LogP contribution in [0.25, 0.3) is 0 Å². The number of hydrogen-bond acceptors (Lipinski definition) is 3. The van der Waals surface area contributed by atoms with Gasteiger partial charge in [0.1, 0.15) is 11.6 Å². The Bertz CT molecular complexity index is 824. The minimum absolute atomic E-state index is 0.0963. The van der Waals surface area contributed by atoms with E-state index in [0.29, 0.717) is 25.4 Å². The highest BCUT2D eigenvalue weighted by Gasteiger charge is 2.32. The molecule has 1 aliphatic rings. The Kier molecular flexibility index (Phi) is 6.13. The number of carbonyl (C=O) groups is 2. The summed E-state index contributed by atoms with van der Waals surface area (Å²) in [5.74, 6) is 0.300. The van der Waals surface area contributed by atoms with Crippen molar-refractivity contribution in [3.05, 3.63) is 54.3 Å². The van der Waals surface area contributed by atoms with E-state index in [-0.39, 0.29) is 30.2 Å². The molecule has 0 aromatic heterocycles. The van der Waals surface area contributed by atoms with Gasteiger partial charge in [-0.05, 0) is 62.4 Å². The maximum atomic E-state index is 13.1. The van der Waals surface area contributed by atoms with Crippen molar-refractivity contribution in [1.82, 2.24) is 5.32 Å². The summed E-state index contributed by atoms with van der Waals surface area (Å²) >= 11 is 0. The number of hydrogen-bond donors (Lipinski definition) is 1. The summed E-state index contributed by atoms with van der Waals surface area (Å²) in [6, 6.07) is 12.5. The summed E-state index contributed by atoms with van der Waals surface area (Å²) in [6.07, 6.45) is 0.212. The molecule has 1 aliphatic heterocycles. The van der Waals surface area contributed by atoms with Crippen LogP contribution in [0.1, 0.15) is 20.3 Å². The zero-order valence-corrected chi connectivity index (χ0v) is 16.0. The number of halogens is 1. The Morgan fingerprint density at radius 3 is 2.46 bits per heavy atom. The minimum Gasteiger partial charge on any atom is -0.494 e. The van der Waals surface area contributed by atoms with Gasteiger partial charge in [-0.2, -0.15) is 0 Å². The van der Waals surface area contributed by atoms with Crippen LogP contribution in [0.4, 0.5) is 20.6 Å². The predicted octanol–water partition coefficient (Wildman–Crippen LogP) is 3.57. The van der Waals surface area contributed by atoms with Crippen LogP contribution in [0.15, 0.2) is 48.5 Å². The third-order valence-electron chi connectivity index (χ3n) is 4.61. The number of carbonyl (C=O) groups excluding carboxylic acids is 2. The molecule has 1 heterocycles. The second kappa shape index (κ2) is 8.73. The molecule has 6 nitrogen and oxygen atoms in total. The van der Waals surface area contributed by atoms with Gasteiger partial charge in [0.25, 0.3) is 0 Å². The number of urea groups is 1. The highest BCUT2D eigenvalue weighted by Crippen LogP contribution is 2.23. The van der Waals surface area contributed by atoms with Crippen molar-refractivity contribution in [3.8, 4) is 5.75 Å². The SMILES string of the molecule is CCOc1ccc(N(CC)C(=O)N[C@H]2CC(=O)N(c3ccc(F)cc3)C2)cc1. The van der Waals surface area contributed by atoms with Crippen LogP contribution in [0, 0.1) is 5.82 Å². The maximum absolute atomic E-state index is 13.1. The fraction of sp³-hybridized carbons (Fsp3) is 0.333. The molecule has 0 saturated carbocycles. The van der Waals surface area contributed by atoms with Crippen LogP contribution < -0.4 is 19.9 Å². The summed E-state index contributed by atoms with van der Waals surface area (Å²) in [7, 11) is 0. The highest BCUT2D eigenvalue weighted by molar-refractivity contribution is 5.98. The van der Waals surface area contributed by atoms with Crippen LogP contribution in [-0.2, 0) is 4.79 Å². The van der Waals surface area contributed by atoms with Gasteiger partial charge in [-0.15, -0.1) is 0 Å². The number of anilines is 2. The van der Waals surface area contributed by atoms with E-state index in [1.54, 1.807) is 21.9 Å². The molecule has 28 heavy (non-hydrogen) atoms. The number of ether oxygens (including phenoxy) is 1. The van der Waals surface area contributed by atoms with Gasteiger partial charge in [0.05, 0.1) is 12.6 Å². The Hall–Kier alpha value is -3.09. The average molecular weight is 385 g/mol. The quantitative estimate of drug-likeness (QED) is 0.827. The molecule has 1 atom stereocenters. The zero-order valence-electron chi connectivity index (χ0n) is 16.0. The van der Waals surface area contributed by atoms with Gasteiger partial charge in [-0.1, -0.05) is 0 Å². The van der Waals surface area contributed by atoms with E-state index >= 15 is 0 Å². The van der Waals surface area contributed by atoms with Crippen molar-refractivity contribution >= 4 is 23.3 Å². The molecule has 1 N–H and O–H groups in total. The van der Waals surface area contributed by atoms with E-state index in [0.717, 1.165) is 11.4 Å². The molecule has 2 aromatic carbocycles. The van der Waals surface area contributed by atoms with Gasteiger partial charge < -0.3 is 15.0 Å². The van der Waals surface area contributed by atoms with Crippen molar-refractivity contribution in [2.24, 2.45) is 0 Å². The summed E-state index contributed by atoms with van der Waals surface area (Å²) in [6.45, 7) is 5.23. The third-order valence-corrected chi connectivity index (χ3v) is 4.61. The molecular formula is C21H24FN3O3. The molecule has 7 heteroatoms. The Balaban J connectivity index is 1.64. The fourth-order valence-corrected chi connectivity index (χ4v) is 3.26. The number of nitrogens with zero attached hydrogens (tertiary/aromatic N) is 2. The van der Waals surface area contributed by atoms with Crippen molar-refractivity contribution in [3.63, 3.8) is 0 Å². The standard InChI is InChI=1S/C21H24FN3O3/c1-3-24(17-9-11-19(12-10-17)28-4-2)21(27)23-16-13-20(26)25(14-16)18-7-5-15(22)6-8-18/h5-12,16H,3-4,13-14H2,1-2H3,(H,23,27)/t16-/m0/s1. The van der Waals surface area contributed by atoms with E-state index in [1.165, 1.54) is 12.1 Å². The first-order chi connectivity index (χ1) is 13.5. The topological polar surface area (TPSA) is 61.9 Å². The molecule has 0 aliphatic carbocycles. The molecule has 148 valence electrons. The zero-order chi connectivity index (χ0) is 20.1. The number of benzene rings is 2. The smallest absolute Gasteiger partial charge is 0.322 e. The van der Waals surface area contributed by atoms with Gasteiger partial charge in [-0.3, -0.25) is 9.69 Å².